The van der Waals surface area contributed by atoms with Gasteiger partial charge < -0.3 is 4.43 Å². The van der Waals surface area contributed by atoms with E-state index in [2.05, 4.69) is 27.7 Å². The van der Waals surface area contributed by atoms with Gasteiger partial charge in [0, 0.05) is 7.11 Å². The lowest BCUT2D eigenvalue weighted by atomic mass is 9.96. The Morgan fingerprint density at radius 3 is 2.33 bits per heavy atom. The molecule has 1 nitrogen and oxygen atoms in total. The molecule has 12 heavy (non-hydrogen) atoms. The van der Waals surface area contributed by atoms with Crippen molar-refractivity contribution in [2.45, 2.75) is 52.0 Å². The van der Waals surface area contributed by atoms with Gasteiger partial charge in [0.2, 0.25) is 0 Å². The monoisotopic (exact) mass is 188 g/mol. The Kier molecular flexibility index (Phi) is 5.84. The number of rotatable bonds is 6. The molecule has 0 heterocycles. The van der Waals surface area contributed by atoms with Crippen LogP contribution in [0.15, 0.2) is 0 Å². The van der Waals surface area contributed by atoms with Crippen molar-refractivity contribution in [3.8, 4) is 0 Å². The molecule has 0 rings (SSSR count). The van der Waals surface area contributed by atoms with Gasteiger partial charge in [-0.15, -0.1) is 0 Å². The van der Waals surface area contributed by atoms with Crippen LogP contribution in [0.2, 0.25) is 5.04 Å². The van der Waals surface area contributed by atoms with Crippen molar-refractivity contribution in [2.75, 3.05) is 7.11 Å². The minimum Gasteiger partial charge on any atom is -0.427 e. The van der Waals surface area contributed by atoms with Gasteiger partial charge >= 0.3 is 0 Å². The van der Waals surface area contributed by atoms with Crippen molar-refractivity contribution in [3.05, 3.63) is 0 Å². The average molecular weight is 188 g/mol. The van der Waals surface area contributed by atoms with Gasteiger partial charge in [-0.1, -0.05) is 40.5 Å². The maximum atomic E-state index is 5.37. The average Bonchev–Trinajstić information content (AvgIpc) is 2.02. The van der Waals surface area contributed by atoms with Crippen molar-refractivity contribution < 1.29 is 4.43 Å². The summed E-state index contributed by atoms with van der Waals surface area (Å²) in [4.78, 5) is 0. The molecule has 0 aliphatic heterocycles. The normalized spacial score (nSPS) is 17.5. The molecule has 0 aliphatic rings. The van der Waals surface area contributed by atoms with Crippen molar-refractivity contribution in [1.29, 1.82) is 0 Å². The van der Waals surface area contributed by atoms with Crippen LogP contribution < -0.4 is 0 Å². The first-order valence-corrected chi connectivity index (χ1v) is 6.31. The van der Waals surface area contributed by atoms with E-state index in [0.29, 0.717) is 5.04 Å². The molecule has 0 N–H and O–H groups in total. The molecule has 0 radical (unpaired) electrons. The Hall–Kier alpha value is 0.177. The molecule has 0 aliphatic carbocycles. The molecule has 1 unspecified atom stereocenters. The Balaban J connectivity index is 3.78. The summed E-state index contributed by atoms with van der Waals surface area (Å²) in [6.07, 6.45) is 3.97. The van der Waals surface area contributed by atoms with Gasteiger partial charge in [0.15, 0.2) is 9.76 Å². The number of hydrogen-bond acceptors (Lipinski definition) is 1. The summed E-state index contributed by atoms with van der Waals surface area (Å²) in [5.41, 5.74) is 0. The molecule has 0 spiro atoms. The molecule has 0 fully saturated rings. The van der Waals surface area contributed by atoms with Crippen LogP contribution in [0.1, 0.15) is 47.0 Å². The van der Waals surface area contributed by atoms with Crippen molar-refractivity contribution in [3.63, 3.8) is 0 Å². The Morgan fingerprint density at radius 1 is 1.42 bits per heavy atom. The summed E-state index contributed by atoms with van der Waals surface area (Å²) in [7, 11) is 1.55. The molecule has 0 aromatic rings. The van der Waals surface area contributed by atoms with E-state index in [4.69, 9.17) is 4.43 Å². The first-order chi connectivity index (χ1) is 5.54. The Bertz CT molecular complexity index is 114. The first-order valence-electron chi connectivity index (χ1n) is 5.03. The predicted octanol–water partition coefficient (Wildman–Crippen LogP) is 2.74. The second-order valence-electron chi connectivity index (χ2n) is 4.53. The van der Waals surface area contributed by atoms with Crippen molar-refractivity contribution >= 4 is 9.76 Å². The van der Waals surface area contributed by atoms with Crippen LogP contribution in [0.3, 0.4) is 0 Å². The van der Waals surface area contributed by atoms with E-state index in [0.717, 1.165) is 5.92 Å². The summed E-state index contributed by atoms with van der Waals surface area (Å²) >= 11 is 0. The van der Waals surface area contributed by atoms with Gasteiger partial charge in [-0.25, -0.2) is 0 Å². The highest BCUT2D eigenvalue weighted by atomic mass is 28.2. The van der Waals surface area contributed by atoms with Crippen LogP contribution in [0, 0.1) is 5.92 Å². The Morgan fingerprint density at radius 2 is 2.00 bits per heavy atom. The maximum Gasteiger partial charge on any atom is 0.166 e. The molecule has 0 amide bonds. The SMILES string of the molecule is CCC(C)(CCC(C)C)[SiH2]OC. The van der Waals surface area contributed by atoms with Gasteiger partial charge in [0.25, 0.3) is 0 Å². The highest BCUT2D eigenvalue weighted by Crippen LogP contribution is 2.35. The van der Waals surface area contributed by atoms with Crippen molar-refractivity contribution in [2.24, 2.45) is 5.92 Å². The van der Waals surface area contributed by atoms with Gasteiger partial charge in [-0.3, -0.25) is 0 Å². The van der Waals surface area contributed by atoms with E-state index in [1.165, 1.54) is 19.3 Å². The lowest BCUT2D eigenvalue weighted by Gasteiger charge is -2.27. The van der Waals surface area contributed by atoms with E-state index in [9.17, 15) is 0 Å². The van der Waals surface area contributed by atoms with E-state index >= 15 is 0 Å². The fraction of sp³-hybridized carbons (Fsp3) is 1.00. The third kappa shape index (κ3) is 4.94. The molecule has 74 valence electrons. The largest absolute Gasteiger partial charge is 0.427 e. The van der Waals surface area contributed by atoms with E-state index in [1.807, 2.05) is 7.11 Å². The zero-order chi connectivity index (χ0) is 9.61. The van der Waals surface area contributed by atoms with Gasteiger partial charge in [0.05, 0.1) is 0 Å². The molecule has 0 saturated heterocycles. The summed E-state index contributed by atoms with van der Waals surface area (Å²) in [5, 5.41) is 0.541. The third-order valence-corrected chi connectivity index (χ3v) is 4.51. The lowest BCUT2D eigenvalue weighted by molar-refractivity contribution is 0.371. The predicted molar refractivity (Wildman–Crippen MR) is 58.3 cm³/mol. The molecule has 0 bridgehead atoms. The maximum absolute atomic E-state index is 5.37. The summed E-state index contributed by atoms with van der Waals surface area (Å²) in [6, 6.07) is 0. The quantitative estimate of drug-likeness (QED) is 0.582. The number of hydrogen-bond donors (Lipinski definition) is 0. The van der Waals surface area contributed by atoms with E-state index in [1.54, 1.807) is 0 Å². The minimum absolute atomic E-state index is 0.304. The summed E-state index contributed by atoms with van der Waals surface area (Å²) < 4.78 is 5.37. The van der Waals surface area contributed by atoms with Gasteiger partial charge in [0.1, 0.15) is 0 Å². The van der Waals surface area contributed by atoms with Gasteiger partial charge in [-0.05, 0) is 17.4 Å². The molecular formula is C10H24OSi. The Labute approximate surface area is 79.8 Å². The van der Waals surface area contributed by atoms with Crippen LogP contribution in [0.4, 0.5) is 0 Å². The highest BCUT2D eigenvalue weighted by molar-refractivity contribution is 6.32. The summed E-state index contributed by atoms with van der Waals surface area (Å²) in [6.45, 7) is 9.26. The minimum atomic E-state index is -0.304. The second kappa shape index (κ2) is 5.76. The second-order valence-corrected chi connectivity index (χ2v) is 7.10. The van der Waals surface area contributed by atoms with Crippen LogP contribution in [-0.2, 0) is 4.43 Å². The molecule has 0 aromatic heterocycles. The topological polar surface area (TPSA) is 9.23 Å². The van der Waals surface area contributed by atoms with E-state index < -0.39 is 0 Å². The molecule has 0 aromatic carbocycles. The zero-order valence-electron chi connectivity index (χ0n) is 9.31. The fourth-order valence-corrected chi connectivity index (χ4v) is 2.59. The van der Waals surface area contributed by atoms with Crippen LogP contribution in [0.25, 0.3) is 0 Å². The smallest absolute Gasteiger partial charge is 0.166 e. The van der Waals surface area contributed by atoms with Crippen LogP contribution in [0.5, 0.6) is 0 Å². The third-order valence-electron chi connectivity index (χ3n) is 2.67. The fourth-order valence-electron chi connectivity index (χ4n) is 1.34. The molecule has 1 atom stereocenters. The molecule has 2 heteroatoms. The zero-order valence-corrected chi connectivity index (χ0v) is 10.7. The molecule has 0 saturated carbocycles. The molecular weight excluding hydrogens is 164 g/mol. The van der Waals surface area contributed by atoms with Gasteiger partial charge in [-0.2, -0.15) is 0 Å². The lowest BCUT2D eigenvalue weighted by Crippen LogP contribution is -2.18. The summed E-state index contributed by atoms with van der Waals surface area (Å²) in [5.74, 6) is 0.835. The standard InChI is InChI=1S/C10H24OSi/c1-6-10(4,12-11-5)8-7-9(2)3/h9H,6-8,12H2,1-5H3. The van der Waals surface area contributed by atoms with Crippen LogP contribution >= 0.6 is 0 Å². The van der Waals surface area contributed by atoms with E-state index in [-0.39, 0.29) is 9.76 Å². The highest BCUT2D eigenvalue weighted by Gasteiger charge is 2.22. The van der Waals surface area contributed by atoms with Crippen molar-refractivity contribution in [1.82, 2.24) is 0 Å². The van der Waals surface area contributed by atoms with Crippen LogP contribution in [-0.4, -0.2) is 16.9 Å². The first kappa shape index (κ1) is 12.2.